The van der Waals surface area contributed by atoms with Crippen LogP contribution in [0.3, 0.4) is 0 Å². The Kier molecular flexibility index (Phi) is 5.62. The number of aromatic amines is 1. The number of halogens is 1. The number of fused-ring (bicyclic) bond motifs is 1. The van der Waals surface area contributed by atoms with E-state index in [1.165, 1.54) is 6.07 Å². The molecule has 0 aliphatic rings. The number of carbonyl (C=O) groups excluding carboxylic acids is 1. The average molecular weight is 415 g/mol. The Labute approximate surface area is 179 Å². The van der Waals surface area contributed by atoms with Crippen LogP contribution in [0.1, 0.15) is 25.3 Å². The lowest BCUT2D eigenvalue weighted by atomic mass is 9.88. The van der Waals surface area contributed by atoms with Gasteiger partial charge in [-0.1, -0.05) is 44.2 Å². The van der Waals surface area contributed by atoms with Crippen LogP contribution < -0.4 is 10.9 Å². The number of rotatable bonds is 5. The minimum Gasteiger partial charge on any atom is -0.325 e. The minimum absolute atomic E-state index is 0.0939. The number of benzene rings is 2. The van der Waals surface area contributed by atoms with Gasteiger partial charge in [0.1, 0.15) is 5.82 Å². The van der Waals surface area contributed by atoms with E-state index in [-0.39, 0.29) is 23.2 Å². The molecule has 0 radical (unpaired) electrons. The number of anilines is 1. The van der Waals surface area contributed by atoms with Gasteiger partial charge in [0.2, 0.25) is 5.91 Å². The second kappa shape index (κ2) is 8.52. The summed E-state index contributed by atoms with van der Waals surface area (Å²) in [7, 11) is 0. The molecule has 6 heteroatoms. The van der Waals surface area contributed by atoms with Gasteiger partial charge in [-0.25, -0.2) is 4.39 Å². The van der Waals surface area contributed by atoms with Crippen LogP contribution >= 0.6 is 0 Å². The van der Waals surface area contributed by atoms with E-state index < -0.39 is 5.92 Å². The predicted molar refractivity (Wildman–Crippen MR) is 120 cm³/mol. The molecule has 2 aromatic carbocycles. The maximum absolute atomic E-state index is 14.2. The largest absolute Gasteiger partial charge is 0.325 e. The van der Waals surface area contributed by atoms with E-state index in [1.807, 2.05) is 32.0 Å². The summed E-state index contributed by atoms with van der Waals surface area (Å²) in [6.45, 7) is 3.80. The number of hydrogen-bond acceptors (Lipinski definition) is 3. The Bertz CT molecular complexity index is 1300. The third-order valence-corrected chi connectivity index (χ3v) is 5.31. The van der Waals surface area contributed by atoms with Crippen molar-refractivity contribution < 1.29 is 9.18 Å². The third kappa shape index (κ3) is 4.23. The van der Waals surface area contributed by atoms with Gasteiger partial charge in [-0.15, -0.1) is 0 Å². The standard InChI is InChI=1S/C25H22FN3O2/c1-15(2)23(25(31)28-18-10-12-27-13-11-18)19-8-9-22(29-24(19)30)17-7-6-16-4-3-5-21(26)20(16)14-17/h3-15,23H,1-2H3,(H,29,30)(H,27,28,31). The zero-order valence-corrected chi connectivity index (χ0v) is 17.2. The summed E-state index contributed by atoms with van der Waals surface area (Å²) in [6, 6.07) is 17.1. The van der Waals surface area contributed by atoms with Crippen LogP contribution in [0.4, 0.5) is 10.1 Å². The van der Waals surface area contributed by atoms with E-state index in [9.17, 15) is 14.0 Å². The molecule has 1 unspecified atom stereocenters. The lowest BCUT2D eigenvalue weighted by molar-refractivity contribution is -0.118. The first-order chi connectivity index (χ1) is 14.9. The first kappa shape index (κ1) is 20.5. The summed E-state index contributed by atoms with van der Waals surface area (Å²) in [4.78, 5) is 32.6. The number of carbonyl (C=O) groups is 1. The summed E-state index contributed by atoms with van der Waals surface area (Å²) in [5.41, 5.74) is 1.93. The lowest BCUT2D eigenvalue weighted by Crippen LogP contribution is -2.30. The molecule has 2 N–H and O–H groups in total. The Morgan fingerprint density at radius 3 is 2.52 bits per heavy atom. The van der Waals surface area contributed by atoms with Gasteiger partial charge >= 0.3 is 0 Å². The lowest BCUT2D eigenvalue weighted by Gasteiger charge is -2.20. The van der Waals surface area contributed by atoms with Crippen molar-refractivity contribution in [3.63, 3.8) is 0 Å². The molecule has 2 aromatic heterocycles. The summed E-state index contributed by atoms with van der Waals surface area (Å²) >= 11 is 0. The van der Waals surface area contributed by atoms with E-state index in [0.717, 1.165) is 5.39 Å². The molecule has 2 heterocycles. The predicted octanol–water partition coefficient (Wildman–Crippen LogP) is 5.11. The molecule has 1 atom stereocenters. The van der Waals surface area contributed by atoms with Crippen LogP contribution in [0.5, 0.6) is 0 Å². The first-order valence-corrected chi connectivity index (χ1v) is 10.1. The van der Waals surface area contributed by atoms with E-state index in [1.54, 1.807) is 48.8 Å². The summed E-state index contributed by atoms with van der Waals surface area (Å²) in [5, 5.41) is 4.12. The van der Waals surface area contributed by atoms with E-state index in [2.05, 4.69) is 15.3 Å². The van der Waals surface area contributed by atoms with Crippen molar-refractivity contribution in [1.29, 1.82) is 0 Å². The molecule has 0 bridgehead atoms. The van der Waals surface area contributed by atoms with Gasteiger partial charge in [0.15, 0.2) is 0 Å². The smallest absolute Gasteiger partial charge is 0.252 e. The third-order valence-electron chi connectivity index (χ3n) is 5.31. The van der Waals surface area contributed by atoms with Crippen molar-refractivity contribution in [3.8, 4) is 11.3 Å². The van der Waals surface area contributed by atoms with Crippen LogP contribution in [0.25, 0.3) is 22.0 Å². The molecule has 5 nitrogen and oxygen atoms in total. The number of H-pyrrole nitrogens is 1. The molecule has 0 aliphatic heterocycles. The van der Waals surface area contributed by atoms with Gasteiger partial charge in [0.25, 0.3) is 5.56 Å². The molecule has 1 amide bonds. The van der Waals surface area contributed by atoms with E-state index in [0.29, 0.717) is 27.9 Å². The number of pyridine rings is 2. The monoisotopic (exact) mass is 415 g/mol. The molecule has 156 valence electrons. The van der Waals surface area contributed by atoms with Crippen LogP contribution in [0, 0.1) is 11.7 Å². The molecule has 0 saturated heterocycles. The molecule has 0 aliphatic carbocycles. The highest BCUT2D eigenvalue weighted by Crippen LogP contribution is 2.27. The zero-order valence-electron chi connectivity index (χ0n) is 17.2. The Hall–Kier alpha value is -3.80. The molecule has 0 spiro atoms. The van der Waals surface area contributed by atoms with Crippen molar-refractivity contribution in [2.45, 2.75) is 19.8 Å². The number of hydrogen-bond donors (Lipinski definition) is 2. The van der Waals surface area contributed by atoms with Crippen LogP contribution in [0.15, 0.2) is 77.9 Å². The van der Waals surface area contributed by atoms with Crippen LogP contribution in [0.2, 0.25) is 0 Å². The summed E-state index contributed by atoms with van der Waals surface area (Å²) < 4.78 is 14.2. The fourth-order valence-electron chi connectivity index (χ4n) is 3.76. The highest BCUT2D eigenvalue weighted by molar-refractivity contribution is 5.96. The normalized spacial score (nSPS) is 12.1. The van der Waals surface area contributed by atoms with E-state index >= 15 is 0 Å². The van der Waals surface area contributed by atoms with Crippen molar-refractivity contribution in [2.24, 2.45) is 5.92 Å². The molecular formula is C25H22FN3O2. The van der Waals surface area contributed by atoms with Crippen molar-refractivity contribution >= 4 is 22.4 Å². The maximum atomic E-state index is 14.2. The van der Waals surface area contributed by atoms with Gasteiger partial charge in [-0.3, -0.25) is 14.6 Å². The summed E-state index contributed by atoms with van der Waals surface area (Å²) in [5.74, 6) is -1.29. The molecule has 0 fully saturated rings. The van der Waals surface area contributed by atoms with Gasteiger partial charge in [-0.2, -0.15) is 0 Å². The molecular weight excluding hydrogens is 393 g/mol. The van der Waals surface area contributed by atoms with Crippen molar-refractivity contribution in [3.05, 3.63) is 94.8 Å². The van der Waals surface area contributed by atoms with Gasteiger partial charge in [0.05, 0.1) is 5.92 Å². The maximum Gasteiger partial charge on any atom is 0.252 e. The minimum atomic E-state index is -0.625. The van der Waals surface area contributed by atoms with Gasteiger partial charge in [0, 0.05) is 34.7 Å². The number of aromatic nitrogens is 2. The second-order valence-electron chi connectivity index (χ2n) is 7.78. The number of nitrogens with one attached hydrogen (secondary N) is 2. The van der Waals surface area contributed by atoms with Crippen LogP contribution in [-0.2, 0) is 4.79 Å². The van der Waals surface area contributed by atoms with Crippen LogP contribution in [-0.4, -0.2) is 15.9 Å². The first-order valence-electron chi connectivity index (χ1n) is 10.1. The summed E-state index contributed by atoms with van der Waals surface area (Å²) in [6.07, 6.45) is 3.18. The fourth-order valence-corrected chi connectivity index (χ4v) is 3.76. The highest BCUT2D eigenvalue weighted by Gasteiger charge is 2.27. The second-order valence-corrected chi connectivity index (χ2v) is 7.78. The molecule has 31 heavy (non-hydrogen) atoms. The van der Waals surface area contributed by atoms with Crippen molar-refractivity contribution in [1.82, 2.24) is 9.97 Å². The van der Waals surface area contributed by atoms with Gasteiger partial charge in [-0.05, 0) is 47.2 Å². The fraction of sp³-hybridized carbons (Fsp3) is 0.160. The van der Waals surface area contributed by atoms with E-state index in [4.69, 9.17) is 0 Å². The number of nitrogens with zero attached hydrogens (tertiary/aromatic N) is 1. The topological polar surface area (TPSA) is 74.8 Å². The van der Waals surface area contributed by atoms with Gasteiger partial charge < -0.3 is 10.3 Å². The SMILES string of the molecule is CC(C)C(C(=O)Nc1ccncc1)c1ccc(-c2ccc3cccc(F)c3c2)[nH]c1=O. The quantitative estimate of drug-likeness (QED) is 0.476. The number of amides is 1. The molecule has 0 saturated carbocycles. The zero-order chi connectivity index (χ0) is 22.0. The molecule has 4 rings (SSSR count). The Morgan fingerprint density at radius 2 is 1.81 bits per heavy atom. The molecule has 4 aromatic rings. The Morgan fingerprint density at radius 1 is 1.03 bits per heavy atom. The highest BCUT2D eigenvalue weighted by atomic mass is 19.1. The Balaban J connectivity index is 1.68. The average Bonchev–Trinajstić information content (AvgIpc) is 2.75. The van der Waals surface area contributed by atoms with Crippen molar-refractivity contribution in [2.75, 3.05) is 5.32 Å².